The van der Waals surface area contributed by atoms with E-state index in [1.165, 1.54) is 24.3 Å². The lowest BCUT2D eigenvalue weighted by atomic mass is 10.2. The van der Waals surface area contributed by atoms with Crippen molar-refractivity contribution in [2.24, 2.45) is 0 Å². The van der Waals surface area contributed by atoms with E-state index in [0.29, 0.717) is 0 Å². The molecule has 7 nitrogen and oxygen atoms in total. The predicted molar refractivity (Wildman–Crippen MR) is 75.9 cm³/mol. The van der Waals surface area contributed by atoms with E-state index in [9.17, 15) is 19.7 Å². The highest BCUT2D eigenvalue weighted by Crippen LogP contribution is 2.12. The topological polar surface area (TPSA) is 98.5 Å². The third-order valence-corrected chi connectivity index (χ3v) is 3.00. The second kappa shape index (κ2) is 7.98. The maximum Gasteiger partial charge on any atom is 0.338 e. The number of nitro benzene ring substituents is 1. The number of nitro groups is 1. The van der Waals surface area contributed by atoms with Gasteiger partial charge in [0.05, 0.1) is 10.5 Å². The van der Waals surface area contributed by atoms with Crippen LogP contribution in [-0.2, 0) is 9.53 Å². The number of amides is 1. The second-order valence-corrected chi connectivity index (χ2v) is 4.46. The maximum atomic E-state index is 11.7. The largest absolute Gasteiger partial charge is 0.452 e. The summed E-state index contributed by atoms with van der Waals surface area (Å²) in [5.41, 5.74) is 0.0500. The summed E-state index contributed by atoms with van der Waals surface area (Å²) in [7, 11) is 0. The van der Waals surface area contributed by atoms with E-state index in [4.69, 9.17) is 4.74 Å². The van der Waals surface area contributed by atoms with E-state index in [-0.39, 0.29) is 29.8 Å². The van der Waals surface area contributed by atoms with Crippen molar-refractivity contribution in [3.63, 3.8) is 0 Å². The molecule has 21 heavy (non-hydrogen) atoms. The minimum Gasteiger partial charge on any atom is -0.452 e. The first kappa shape index (κ1) is 16.6. The smallest absolute Gasteiger partial charge is 0.338 e. The lowest BCUT2D eigenvalue weighted by molar-refractivity contribution is -0.384. The molecule has 0 saturated heterocycles. The van der Waals surface area contributed by atoms with Gasteiger partial charge in [0.2, 0.25) is 0 Å². The standard InChI is InChI=1S/C14H18N2O5/c1-3-11(4-2)15-13(17)9-21-14(18)10-5-7-12(8-6-10)16(19)20/h5-8,11H,3-4,9H2,1-2H3,(H,15,17). The Morgan fingerprint density at radius 1 is 1.24 bits per heavy atom. The SMILES string of the molecule is CCC(CC)NC(=O)COC(=O)c1ccc([N+](=O)[O-])cc1. The van der Waals surface area contributed by atoms with Crippen molar-refractivity contribution in [2.75, 3.05) is 6.61 Å². The van der Waals surface area contributed by atoms with Gasteiger partial charge in [0, 0.05) is 18.2 Å². The summed E-state index contributed by atoms with van der Waals surface area (Å²) in [6.45, 7) is 3.54. The van der Waals surface area contributed by atoms with Crippen molar-refractivity contribution in [2.45, 2.75) is 32.7 Å². The lowest BCUT2D eigenvalue weighted by Crippen LogP contribution is -2.36. The summed E-state index contributed by atoms with van der Waals surface area (Å²) in [6, 6.07) is 5.07. The Morgan fingerprint density at radius 2 is 1.81 bits per heavy atom. The van der Waals surface area contributed by atoms with Crippen LogP contribution in [0, 0.1) is 10.1 Å². The third kappa shape index (κ3) is 5.21. The van der Waals surface area contributed by atoms with Crippen molar-refractivity contribution in [3.05, 3.63) is 39.9 Å². The molecule has 1 aromatic carbocycles. The van der Waals surface area contributed by atoms with Crippen LogP contribution in [0.3, 0.4) is 0 Å². The van der Waals surface area contributed by atoms with E-state index in [1.807, 2.05) is 13.8 Å². The molecule has 0 aliphatic rings. The van der Waals surface area contributed by atoms with Gasteiger partial charge in [-0.3, -0.25) is 14.9 Å². The zero-order valence-corrected chi connectivity index (χ0v) is 12.0. The first-order valence-electron chi connectivity index (χ1n) is 6.68. The van der Waals surface area contributed by atoms with E-state index in [0.717, 1.165) is 12.8 Å². The molecule has 0 aliphatic heterocycles. The molecule has 114 valence electrons. The summed E-state index contributed by atoms with van der Waals surface area (Å²) in [5.74, 6) is -1.05. The Bertz CT molecular complexity index is 509. The number of carbonyl (C=O) groups excluding carboxylic acids is 2. The van der Waals surface area contributed by atoms with Crippen LogP contribution in [-0.4, -0.2) is 29.4 Å². The number of nitrogens with zero attached hydrogens (tertiary/aromatic N) is 1. The van der Waals surface area contributed by atoms with Gasteiger partial charge in [-0.05, 0) is 25.0 Å². The molecule has 0 radical (unpaired) electrons. The number of ether oxygens (including phenoxy) is 1. The number of rotatable bonds is 7. The molecule has 0 spiro atoms. The highest BCUT2D eigenvalue weighted by Gasteiger charge is 2.13. The van der Waals surface area contributed by atoms with Gasteiger partial charge >= 0.3 is 5.97 Å². The van der Waals surface area contributed by atoms with Gasteiger partial charge in [0.1, 0.15) is 0 Å². The zero-order chi connectivity index (χ0) is 15.8. The van der Waals surface area contributed by atoms with Crippen molar-refractivity contribution >= 4 is 17.6 Å². The number of carbonyl (C=O) groups is 2. The number of esters is 1. The molecule has 1 rings (SSSR count). The van der Waals surface area contributed by atoms with Gasteiger partial charge in [-0.2, -0.15) is 0 Å². The summed E-state index contributed by atoms with van der Waals surface area (Å²) in [4.78, 5) is 33.2. The molecule has 0 unspecified atom stereocenters. The van der Waals surface area contributed by atoms with Gasteiger partial charge in [0.15, 0.2) is 6.61 Å². The summed E-state index contributed by atoms with van der Waals surface area (Å²) >= 11 is 0. The Labute approximate surface area is 122 Å². The Balaban J connectivity index is 2.50. The lowest BCUT2D eigenvalue weighted by Gasteiger charge is -2.14. The molecule has 0 bridgehead atoms. The average molecular weight is 294 g/mol. The van der Waals surface area contributed by atoms with Gasteiger partial charge in [0.25, 0.3) is 11.6 Å². The molecule has 1 N–H and O–H groups in total. The molecule has 0 atom stereocenters. The fourth-order valence-electron chi connectivity index (χ4n) is 1.70. The molecule has 0 saturated carbocycles. The van der Waals surface area contributed by atoms with E-state index < -0.39 is 10.9 Å². The van der Waals surface area contributed by atoms with Crippen molar-refractivity contribution in [1.82, 2.24) is 5.32 Å². The van der Waals surface area contributed by atoms with Crippen molar-refractivity contribution in [3.8, 4) is 0 Å². The Kier molecular flexibility index (Phi) is 6.32. The minimum atomic E-state index is -0.690. The van der Waals surface area contributed by atoms with Crippen LogP contribution in [0.5, 0.6) is 0 Å². The molecule has 7 heteroatoms. The van der Waals surface area contributed by atoms with E-state index in [2.05, 4.69) is 5.32 Å². The zero-order valence-electron chi connectivity index (χ0n) is 12.0. The molecular formula is C14H18N2O5. The number of non-ortho nitro benzene ring substituents is 1. The van der Waals surface area contributed by atoms with Crippen LogP contribution in [0.25, 0.3) is 0 Å². The minimum absolute atomic E-state index is 0.0653. The summed E-state index contributed by atoms with van der Waals surface area (Å²) in [6.07, 6.45) is 1.61. The fourth-order valence-corrected chi connectivity index (χ4v) is 1.70. The molecule has 0 heterocycles. The van der Waals surface area contributed by atoms with Gasteiger partial charge in [-0.1, -0.05) is 13.8 Å². The number of nitrogens with one attached hydrogen (secondary N) is 1. The number of benzene rings is 1. The first-order valence-corrected chi connectivity index (χ1v) is 6.68. The maximum absolute atomic E-state index is 11.7. The van der Waals surface area contributed by atoms with Crippen LogP contribution in [0.15, 0.2) is 24.3 Å². The molecule has 1 aromatic rings. The number of hydrogen-bond donors (Lipinski definition) is 1. The van der Waals surface area contributed by atoms with Crippen LogP contribution >= 0.6 is 0 Å². The van der Waals surface area contributed by atoms with Crippen molar-refractivity contribution in [1.29, 1.82) is 0 Å². The quantitative estimate of drug-likeness (QED) is 0.471. The monoisotopic (exact) mass is 294 g/mol. The molecule has 0 aliphatic carbocycles. The predicted octanol–water partition coefficient (Wildman–Crippen LogP) is 2.06. The third-order valence-electron chi connectivity index (χ3n) is 3.00. The van der Waals surface area contributed by atoms with Crippen LogP contribution in [0.2, 0.25) is 0 Å². The number of hydrogen-bond acceptors (Lipinski definition) is 5. The first-order chi connectivity index (χ1) is 9.97. The van der Waals surface area contributed by atoms with E-state index in [1.54, 1.807) is 0 Å². The summed E-state index contributed by atoms with van der Waals surface area (Å²) < 4.78 is 4.86. The molecule has 1 amide bonds. The highest BCUT2D eigenvalue weighted by atomic mass is 16.6. The van der Waals surface area contributed by atoms with Crippen molar-refractivity contribution < 1.29 is 19.2 Å². The Hall–Kier alpha value is -2.44. The molecule has 0 fully saturated rings. The average Bonchev–Trinajstić information content (AvgIpc) is 2.50. The van der Waals surface area contributed by atoms with Gasteiger partial charge < -0.3 is 10.1 Å². The normalized spacial score (nSPS) is 10.2. The van der Waals surface area contributed by atoms with Crippen LogP contribution < -0.4 is 5.32 Å². The van der Waals surface area contributed by atoms with Crippen LogP contribution in [0.1, 0.15) is 37.0 Å². The second-order valence-electron chi connectivity index (χ2n) is 4.46. The van der Waals surface area contributed by atoms with Gasteiger partial charge in [-0.15, -0.1) is 0 Å². The molecular weight excluding hydrogens is 276 g/mol. The summed E-state index contributed by atoms with van der Waals surface area (Å²) in [5, 5.41) is 13.2. The van der Waals surface area contributed by atoms with Gasteiger partial charge in [-0.25, -0.2) is 4.79 Å². The fraction of sp³-hybridized carbons (Fsp3) is 0.429. The Morgan fingerprint density at radius 3 is 2.29 bits per heavy atom. The van der Waals surface area contributed by atoms with Crippen LogP contribution in [0.4, 0.5) is 5.69 Å². The molecule has 0 aromatic heterocycles. The van der Waals surface area contributed by atoms with E-state index >= 15 is 0 Å². The highest BCUT2D eigenvalue weighted by molar-refractivity contribution is 5.91.